The summed E-state index contributed by atoms with van der Waals surface area (Å²) in [6.45, 7) is 4.56. The van der Waals surface area contributed by atoms with E-state index in [0.29, 0.717) is 5.92 Å². The van der Waals surface area contributed by atoms with E-state index in [1.165, 1.54) is 24.0 Å². The molecule has 1 aromatic carbocycles. The van der Waals surface area contributed by atoms with Crippen molar-refractivity contribution in [2.45, 2.75) is 31.6 Å². The molecule has 1 aromatic rings. The summed E-state index contributed by atoms with van der Waals surface area (Å²) in [4.78, 5) is 0. The van der Waals surface area contributed by atoms with Crippen LogP contribution < -0.4 is 5.32 Å². The summed E-state index contributed by atoms with van der Waals surface area (Å²) in [5.74, 6) is 0.953. The van der Waals surface area contributed by atoms with Gasteiger partial charge in [-0.3, -0.25) is 0 Å². The van der Waals surface area contributed by atoms with Crippen LogP contribution in [0, 0.1) is 0 Å². The van der Waals surface area contributed by atoms with Crippen LogP contribution in [0.5, 0.6) is 0 Å². The third-order valence-electron chi connectivity index (χ3n) is 3.56. The molecule has 0 aromatic heterocycles. The Morgan fingerprint density at radius 1 is 1.38 bits per heavy atom. The number of aliphatic hydroxyl groups excluding tert-OH is 1. The maximum Gasteiger partial charge on any atom is 0.0497 e. The van der Waals surface area contributed by atoms with Gasteiger partial charge in [-0.25, -0.2) is 0 Å². The summed E-state index contributed by atoms with van der Waals surface area (Å²) >= 11 is 0. The molecular formula is C14H21NO. The maximum atomic E-state index is 9.18. The van der Waals surface area contributed by atoms with Crippen molar-refractivity contribution in [2.75, 3.05) is 19.7 Å². The van der Waals surface area contributed by atoms with Gasteiger partial charge in [0.15, 0.2) is 0 Å². The zero-order chi connectivity index (χ0) is 11.4. The summed E-state index contributed by atoms with van der Waals surface area (Å²) in [6.07, 6.45) is 2.47. The number of nitrogens with one attached hydrogen (secondary N) is 1. The van der Waals surface area contributed by atoms with Gasteiger partial charge in [0, 0.05) is 12.5 Å². The largest absolute Gasteiger partial charge is 0.396 e. The van der Waals surface area contributed by atoms with Crippen LogP contribution >= 0.6 is 0 Å². The minimum absolute atomic E-state index is 0.232. The summed E-state index contributed by atoms with van der Waals surface area (Å²) < 4.78 is 0. The Bertz CT molecular complexity index is 331. The second-order valence-electron chi connectivity index (χ2n) is 4.78. The molecule has 1 aliphatic heterocycles. The van der Waals surface area contributed by atoms with Crippen LogP contribution in [-0.4, -0.2) is 24.8 Å². The second-order valence-corrected chi connectivity index (χ2v) is 4.78. The van der Waals surface area contributed by atoms with Crippen molar-refractivity contribution >= 4 is 0 Å². The molecule has 0 amide bonds. The Hall–Kier alpha value is -0.860. The van der Waals surface area contributed by atoms with Gasteiger partial charge in [-0.1, -0.05) is 31.2 Å². The minimum atomic E-state index is 0.232. The van der Waals surface area contributed by atoms with Gasteiger partial charge in [0.25, 0.3) is 0 Å². The third-order valence-corrected chi connectivity index (χ3v) is 3.56. The van der Waals surface area contributed by atoms with Crippen LogP contribution in [-0.2, 0) is 0 Å². The van der Waals surface area contributed by atoms with Crippen LogP contribution in [0.2, 0.25) is 0 Å². The molecule has 0 spiro atoms. The fourth-order valence-electron chi connectivity index (χ4n) is 2.38. The first kappa shape index (κ1) is 11.6. The average Bonchev–Trinajstić information content (AvgIpc) is 2.39. The van der Waals surface area contributed by atoms with Crippen LogP contribution in [0.3, 0.4) is 0 Å². The molecule has 88 valence electrons. The Kier molecular flexibility index (Phi) is 3.97. The molecule has 0 bridgehead atoms. The van der Waals surface area contributed by atoms with Gasteiger partial charge in [-0.05, 0) is 43.0 Å². The Balaban J connectivity index is 2.14. The highest BCUT2D eigenvalue weighted by atomic mass is 16.3. The molecule has 1 saturated heterocycles. The lowest BCUT2D eigenvalue weighted by Gasteiger charge is -2.23. The number of aliphatic hydroxyl groups is 1. The van der Waals surface area contributed by atoms with E-state index in [1.54, 1.807) is 0 Å². The zero-order valence-electron chi connectivity index (χ0n) is 9.95. The van der Waals surface area contributed by atoms with E-state index in [9.17, 15) is 5.11 Å². The zero-order valence-corrected chi connectivity index (χ0v) is 9.95. The Labute approximate surface area is 97.7 Å². The van der Waals surface area contributed by atoms with Gasteiger partial charge in [-0.15, -0.1) is 0 Å². The van der Waals surface area contributed by atoms with Gasteiger partial charge in [0.1, 0.15) is 0 Å². The van der Waals surface area contributed by atoms with Crippen molar-refractivity contribution in [1.82, 2.24) is 5.32 Å². The quantitative estimate of drug-likeness (QED) is 0.817. The van der Waals surface area contributed by atoms with E-state index in [0.717, 1.165) is 13.1 Å². The Morgan fingerprint density at radius 2 is 2.12 bits per heavy atom. The fourth-order valence-corrected chi connectivity index (χ4v) is 2.38. The number of hydrogen-bond donors (Lipinski definition) is 2. The standard InChI is InChI=1S/C14H21NO/c1-11(10-16)13-3-2-4-14(9-13)12-5-7-15-8-6-12/h2-4,9,11-12,15-16H,5-8,10H2,1H3. The molecule has 2 rings (SSSR count). The third kappa shape index (κ3) is 2.63. The van der Waals surface area contributed by atoms with Gasteiger partial charge >= 0.3 is 0 Å². The van der Waals surface area contributed by atoms with Gasteiger partial charge < -0.3 is 10.4 Å². The highest BCUT2D eigenvalue weighted by Gasteiger charge is 2.15. The molecule has 1 unspecified atom stereocenters. The molecule has 16 heavy (non-hydrogen) atoms. The first-order valence-corrected chi connectivity index (χ1v) is 6.22. The fraction of sp³-hybridized carbons (Fsp3) is 0.571. The molecule has 1 atom stereocenters. The molecule has 2 N–H and O–H groups in total. The number of rotatable bonds is 3. The van der Waals surface area contributed by atoms with E-state index < -0.39 is 0 Å². The van der Waals surface area contributed by atoms with Crippen molar-refractivity contribution in [1.29, 1.82) is 0 Å². The van der Waals surface area contributed by atoms with E-state index in [2.05, 4.69) is 36.5 Å². The predicted octanol–water partition coefficient (Wildman–Crippen LogP) is 2.25. The first-order chi connectivity index (χ1) is 7.81. The van der Waals surface area contributed by atoms with Crippen LogP contribution in [0.4, 0.5) is 0 Å². The molecule has 1 fully saturated rings. The molecule has 1 aliphatic rings. The van der Waals surface area contributed by atoms with Crippen molar-refractivity contribution in [3.63, 3.8) is 0 Å². The predicted molar refractivity (Wildman–Crippen MR) is 66.8 cm³/mol. The molecule has 2 nitrogen and oxygen atoms in total. The van der Waals surface area contributed by atoms with Crippen LogP contribution in [0.1, 0.15) is 42.7 Å². The molecule has 2 heteroatoms. The first-order valence-electron chi connectivity index (χ1n) is 6.22. The molecule has 1 heterocycles. The molecule has 0 radical (unpaired) electrons. The lowest BCUT2D eigenvalue weighted by Crippen LogP contribution is -2.26. The van der Waals surface area contributed by atoms with Crippen molar-refractivity contribution in [2.24, 2.45) is 0 Å². The average molecular weight is 219 g/mol. The van der Waals surface area contributed by atoms with Crippen LogP contribution in [0.15, 0.2) is 24.3 Å². The molecule has 0 aliphatic carbocycles. The smallest absolute Gasteiger partial charge is 0.0497 e. The van der Waals surface area contributed by atoms with Crippen LogP contribution in [0.25, 0.3) is 0 Å². The van der Waals surface area contributed by atoms with E-state index in [1.807, 2.05) is 0 Å². The highest BCUT2D eigenvalue weighted by molar-refractivity contribution is 5.29. The minimum Gasteiger partial charge on any atom is -0.396 e. The lowest BCUT2D eigenvalue weighted by molar-refractivity contribution is 0.273. The topological polar surface area (TPSA) is 32.3 Å². The molecule has 0 saturated carbocycles. The summed E-state index contributed by atoms with van der Waals surface area (Å²) in [6, 6.07) is 8.74. The second kappa shape index (κ2) is 5.46. The van der Waals surface area contributed by atoms with E-state index in [4.69, 9.17) is 0 Å². The monoisotopic (exact) mass is 219 g/mol. The SMILES string of the molecule is CC(CO)c1cccc(C2CCNCC2)c1. The van der Waals surface area contributed by atoms with Gasteiger partial charge in [0.05, 0.1) is 0 Å². The van der Waals surface area contributed by atoms with Gasteiger partial charge in [0.2, 0.25) is 0 Å². The number of piperidine rings is 1. The molecular weight excluding hydrogens is 198 g/mol. The number of hydrogen-bond acceptors (Lipinski definition) is 2. The highest BCUT2D eigenvalue weighted by Crippen LogP contribution is 2.27. The summed E-state index contributed by atoms with van der Waals surface area (Å²) in [7, 11) is 0. The van der Waals surface area contributed by atoms with E-state index >= 15 is 0 Å². The van der Waals surface area contributed by atoms with Crippen molar-refractivity contribution in [3.8, 4) is 0 Å². The normalized spacial score (nSPS) is 19.6. The lowest BCUT2D eigenvalue weighted by atomic mass is 9.88. The summed E-state index contributed by atoms with van der Waals surface area (Å²) in [5.41, 5.74) is 2.71. The maximum absolute atomic E-state index is 9.18. The summed E-state index contributed by atoms with van der Waals surface area (Å²) in [5, 5.41) is 12.6. The number of benzene rings is 1. The van der Waals surface area contributed by atoms with Crippen molar-refractivity contribution in [3.05, 3.63) is 35.4 Å². The Morgan fingerprint density at radius 3 is 2.81 bits per heavy atom. The van der Waals surface area contributed by atoms with Gasteiger partial charge in [-0.2, -0.15) is 0 Å². The van der Waals surface area contributed by atoms with E-state index in [-0.39, 0.29) is 12.5 Å². The van der Waals surface area contributed by atoms with Crippen molar-refractivity contribution < 1.29 is 5.11 Å².